The topological polar surface area (TPSA) is 48.0 Å². The monoisotopic (exact) mass is 264 g/mol. The molecule has 0 saturated carbocycles. The number of hydrogen-bond acceptors (Lipinski definition) is 2. The van der Waals surface area contributed by atoms with E-state index in [1.807, 2.05) is 0 Å². The zero-order valence-corrected chi connectivity index (χ0v) is 9.64. The van der Waals surface area contributed by atoms with Gasteiger partial charge in [-0.25, -0.2) is 0 Å². The molecule has 3 nitrogen and oxygen atoms in total. The molecule has 1 rings (SSSR count). The van der Waals surface area contributed by atoms with E-state index in [2.05, 4.69) is 12.2 Å². The van der Waals surface area contributed by atoms with Crippen LogP contribution >= 0.6 is 12.2 Å². The summed E-state index contributed by atoms with van der Waals surface area (Å²) in [5.41, 5.74) is 3.61. The van der Waals surface area contributed by atoms with E-state index < -0.39 is 17.4 Å². The predicted molar refractivity (Wildman–Crippen MR) is 61.7 cm³/mol. The maximum atomic E-state index is 12.6. The van der Waals surface area contributed by atoms with Crippen LogP contribution in [0.3, 0.4) is 0 Å². The molecule has 1 heterocycles. The summed E-state index contributed by atoms with van der Waals surface area (Å²) >= 11 is 4.62. The summed E-state index contributed by atoms with van der Waals surface area (Å²) in [6.07, 6.45) is -3.92. The second-order valence-electron chi connectivity index (χ2n) is 3.47. The lowest BCUT2D eigenvalue weighted by Crippen LogP contribution is -2.27. The fraction of sp³-hybridized carbons (Fsp3) is 0.400. The Hall–Kier alpha value is -1.37. The third-order valence-corrected chi connectivity index (χ3v) is 2.35. The fourth-order valence-electron chi connectivity index (χ4n) is 1.41. The molecule has 1 aromatic rings. The SMILES string of the molecule is NC(=S)CCCn1c(C(F)(F)F)cccc1=O. The first-order valence-corrected chi connectivity index (χ1v) is 5.28. The van der Waals surface area contributed by atoms with Crippen LogP contribution in [0.25, 0.3) is 0 Å². The Morgan fingerprint density at radius 2 is 2.06 bits per heavy atom. The van der Waals surface area contributed by atoms with Gasteiger partial charge >= 0.3 is 6.18 Å². The Bertz CT molecular complexity index is 467. The minimum atomic E-state index is -4.54. The van der Waals surface area contributed by atoms with E-state index in [1.54, 1.807) is 0 Å². The quantitative estimate of drug-likeness (QED) is 0.845. The first-order chi connectivity index (χ1) is 7.82. The largest absolute Gasteiger partial charge is 0.431 e. The van der Waals surface area contributed by atoms with Gasteiger partial charge in [0, 0.05) is 12.6 Å². The van der Waals surface area contributed by atoms with Crippen LogP contribution in [0.1, 0.15) is 18.5 Å². The average molecular weight is 264 g/mol. The van der Waals surface area contributed by atoms with E-state index in [0.29, 0.717) is 17.4 Å². The lowest BCUT2D eigenvalue weighted by atomic mass is 10.2. The second kappa shape index (κ2) is 5.31. The molecule has 1 aromatic heterocycles. The summed E-state index contributed by atoms with van der Waals surface area (Å²) in [5, 5.41) is 0. The normalized spacial score (nSPS) is 11.5. The summed E-state index contributed by atoms with van der Waals surface area (Å²) in [6, 6.07) is 3.06. The van der Waals surface area contributed by atoms with Crippen molar-refractivity contribution in [2.24, 2.45) is 5.73 Å². The lowest BCUT2D eigenvalue weighted by molar-refractivity contribution is -0.144. The van der Waals surface area contributed by atoms with Gasteiger partial charge in [-0.3, -0.25) is 4.79 Å². The van der Waals surface area contributed by atoms with Crippen molar-refractivity contribution in [1.82, 2.24) is 4.57 Å². The molecule has 0 aromatic carbocycles. The molecule has 0 aliphatic carbocycles. The molecule has 2 N–H and O–H groups in total. The van der Waals surface area contributed by atoms with E-state index in [-0.39, 0.29) is 11.5 Å². The Labute approximate surface area is 101 Å². The zero-order valence-electron chi connectivity index (χ0n) is 8.83. The van der Waals surface area contributed by atoms with Crippen molar-refractivity contribution in [3.05, 3.63) is 34.2 Å². The van der Waals surface area contributed by atoms with Gasteiger partial charge < -0.3 is 10.3 Å². The third kappa shape index (κ3) is 3.85. The van der Waals surface area contributed by atoms with Crippen LogP contribution in [0.15, 0.2) is 23.0 Å². The second-order valence-corrected chi connectivity index (χ2v) is 3.99. The Morgan fingerprint density at radius 1 is 1.41 bits per heavy atom. The van der Waals surface area contributed by atoms with Crippen LogP contribution in [0.5, 0.6) is 0 Å². The van der Waals surface area contributed by atoms with E-state index >= 15 is 0 Å². The average Bonchev–Trinajstić information content (AvgIpc) is 2.18. The summed E-state index contributed by atoms with van der Waals surface area (Å²) < 4.78 is 38.5. The standard InChI is InChI=1S/C10H11F3N2OS/c11-10(12,13)7-3-1-5-9(16)15(7)6-2-4-8(14)17/h1,3,5H,2,4,6H2,(H2,14,17). The van der Waals surface area contributed by atoms with Crippen LogP contribution in [-0.4, -0.2) is 9.56 Å². The van der Waals surface area contributed by atoms with Crippen LogP contribution in [0, 0.1) is 0 Å². The number of alkyl halides is 3. The van der Waals surface area contributed by atoms with Crippen molar-refractivity contribution >= 4 is 17.2 Å². The van der Waals surface area contributed by atoms with E-state index in [0.717, 1.165) is 18.2 Å². The molecular weight excluding hydrogens is 253 g/mol. The molecule has 94 valence electrons. The van der Waals surface area contributed by atoms with Gasteiger partial charge in [-0.15, -0.1) is 0 Å². The van der Waals surface area contributed by atoms with E-state index in [9.17, 15) is 18.0 Å². The predicted octanol–water partition coefficient (Wildman–Crippen LogP) is 1.93. The van der Waals surface area contributed by atoms with Gasteiger partial charge in [0.2, 0.25) is 0 Å². The van der Waals surface area contributed by atoms with Crippen molar-refractivity contribution < 1.29 is 13.2 Å². The molecule has 0 fully saturated rings. The Balaban J connectivity index is 2.97. The number of nitrogens with two attached hydrogens (primary N) is 1. The van der Waals surface area contributed by atoms with Crippen molar-refractivity contribution in [2.75, 3.05) is 0 Å². The molecule has 0 unspecified atom stereocenters. The van der Waals surface area contributed by atoms with Crippen molar-refractivity contribution in [2.45, 2.75) is 25.6 Å². The van der Waals surface area contributed by atoms with Crippen molar-refractivity contribution in [3.8, 4) is 0 Å². The molecule has 7 heteroatoms. The van der Waals surface area contributed by atoms with Gasteiger partial charge in [-0.05, 0) is 18.9 Å². The zero-order chi connectivity index (χ0) is 13.1. The molecule has 0 radical (unpaired) electrons. The minimum Gasteiger partial charge on any atom is -0.393 e. The number of pyridine rings is 1. The highest BCUT2D eigenvalue weighted by Gasteiger charge is 2.33. The molecule has 0 bridgehead atoms. The van der Waals surface area contributed by atoms with Crippen LogP contribution in [-0.2, 0) is 12.7 Å². The molecule has 0 atom stereocenters. The van der Waals surface area contributed by atoms with Crippen molar-refractivity contribution in [1.29, 1.82) is 0 Å². The van der Waals surface area contributed by atoms with Gasteiger partial charge in [-0.2, -0.15) is 13.2 Å². The molecule has 0 saturated heterocycles. The number of nitrogens with zero attached hydrogens (tertiary/aromatic N) is 1. The van der Waals surface area contributed by atoms with Gasteiger partial charge in [0.1, 0.15) is 5.69 Å². The Morgan fingerprint density at radius 3 is 2.59 bits per heavy atom. The number of thiocarbonyl (C=S) groups is 1. The number of rotatable bonds is 4. The van der Waals surface area contributed by atoms with Crippen molar-refractivity contribution in [3.63, 3.8) is 0 Å². The number of aromatic nitrogens is 1. The molecule has 0 spiro atoms. The van der Waals surface area contributed by atoms with Crippen LogP contribution in [0.2, 0.25) is 0 Å². The van der Waals surface area contributed by atoms with Gasteiger partial charge in [0.05, 0.1) is 4.99 Å². The first kappa shape index (κ1) is 13.7. The highest BCUT2D eigenvalue weighted by molar-refractivity contribution is 7.80. The Kier molecular flexibility index (Phi) is 4.28. The summed E-state index contributed by atoms with van der Waals surface area (Å²) in [4.78, 5) is 11.6. The fourth-order valence-corrected chi connectivity index (χ4v) is 1.55. The smallest absolute Gasteiger partial charge is 0.393 e. The minimum absolute atomic E-state index is 0.0497. The summed E-state index contributed by atoms with van der Waals surface area (Å²) in [5.74, 6) is 0. The molecular formula is C10H11F3N2OS. The van der Waals surface area contributed by atoms with Crippen LogP contribution < -0.4 is 11.3 Å². The highest BCUT2D eigenvalue weighted by atomic mass is 32.1. The van der Waals surface area contributed by atoms with Gasteiger partial charge in [0.25, 0.3) is 5.56 Å². The molecule has 0 aliphatic rings. The van der Waals surface area contributed by atoms with Crippen LogP contribution in [0.4, 0.5) is 13.2 Å². The maximum Gasteiger partial charge on any atom is 0.431 e. The maximum absolute atomic E-state index is 12.6. The van der Waals surface area contributed by atoms with E-state index in [1.165, 1.54) is 0 Å². The van der Waals surface area contributed by atoms with Gasteiger partial charge in [0.15, 0.2) is 0 Å². The number of hydrogen-bond donors (Lipinski definition) is 1. The molecule has 0 aliphatic heterocycles. The van der Waals surface area contributed by atoms with Gasteiger partial charge in [-0.1, -0.05) is 18.3 Å². The van der Waals surface area contributed by atoms with E-state index in [4.69, 9.17) is 5.73 Å². The third-order valence-electron chi connectivity index (χ3n) is 2.15. The molecule has 17 heavy (non-hydrogen) atoms. The first-order valence-electron chi connectivity index (χ1n) is 4.87. The highest BCUT2D eigenvalue weighted by Crippen LogP contribution is 2.28. The number of halogens is 3. The lowest BCUT2D eigenvalue weighted by Gasteiger charge is -2.14. The molecule has 0 amide bonds. The summed E-state index contributed by atoms with van der Waals surface area (Å²) in [6.45, 7) is -0.0497. The summed E-state index contributed by atoms with van der Waals surface area (Å²) in [7, 11) is 0.